The maximum absolute atomic E-state index is 12.2. The summed E-state index contributed by atoms with van der Waals surface area (Å²) in [6.45, 7) is 10.9. The van der Waals surface area contributed by atoms with Crippen molar-refractivity contribution in [2.75, 3.05) is 18.0 Å². The van der Waals surface area contributed by atoms with Crippen LogP contribution in [0.3, 0.4) is 0 Å². The summed E-state index contributed by atoms with van der Waals surface area (Å²) in [4.78, 5) is 23.2. The summed E-state index contributed by atoms with van der Waals surface area (Å²) in [5.74, 6) is 1.26. The fourth-order valence-electron chi connectivity index (χ4n) is 3.09. The molecule has 2 aromatic rings. The molecule has 0 unspecified atom stereocenters. The van der Waals surface area contributed by atoms with Gasteiger partial charge in [0.2, 0.25) is 5.95 Å². The summed E-state index contributed by atoms with van der Waals surface area (Å²) in [6.07, 6.45) is 5.75. The van der Waals surface area contributed by atoms with Gasteiger partial charge in [-0.3, -0.25) is 4.79 Å². The molecule has 0 aromatic carbocycles. The van der Waals surface area contributed by atoms with Crippen LogP contribution in [0.25, 0.3) is 0 Å². The van der Waals surface area contributed by atoms with Crippen molar-refractivity contribution in [3.8, 4) is 0 Å². The zero-order chi connectivity index (χ0) is 18.0. The molecule has 0 amide bonds. The third-order valence-electron chi connectivity index (χ3n) is 4.73. The van der Waals surface area contributed by atoms with E-state index in [9.17, 15) is 4.79 Å². The van der Waals surface area contributed by atoms with Crippen molar-refractivity contribution in [1.29, 1.82) is 0 Å². The van der Waals surface area contributed by atoms with Crippen LogP contribution in [-0.4, -0.2) is 32.8 Å². The second-order valence-electron chi connectivity index (χ2n) is 7.98. The number of rotatable bonds is 3. The highest BCUT2D eigenvalue weighted by atomic mass is 16.1. The SMILES string of the molecule is Cc1cnc(N2CCC(Cn3nc(C(C)(C)C)ccc3=O)CC2)nc1. The van der Waals surface area contributed by atoms with Gasteiger partial charge in [0, 0.05) is 43.5 Å². The molecule has 0 aliphatic carbocycles. The van der Waals surface area contributed by atoms with E-state index in [0.29, 0.717) is 12.5 Å². The Hall–Kier alpha value is -2.24. The van der Waals surface area contributed by atoms with E-state index in [1.807, 2.05) is 25.4 Å². The lowest BCUT2D eigenvalue weighted by atomic mass is 9.92. The molecule has 6 heteroatoms. The number of nitrogens with zero attached hydrogens (tertiary/aromatic N) is 5. The standard InChI is InChI=1S/C19H27N5O/c1-14-11-20-18(21-12-14)23-9-7-15(8-10-23)13-24-17(25)6-5-16(22-24)19(2,3)4/h5-6,11-12,15H,7-10,13H2,1-4H3. The van der Waals surface area contributed by atoms with Crippen molar-refractivity contribution in [3.63, 3.8) is 0 Å². The topological polar surface area (TPSA) is 63.9 Å². The van der Waals surface area contributed by atoms with Gasteiger partial charge in [-0.25, -0.2) is 14.6 Å². The zero-order valence-corrected chi connectivity index (χ0v) is 15.6. The van der Waals surface area contributed by atoms with Gasteiger partial charge in [-0.15, -0.1) is 0 Å². The number of hydrogen-bond donors (Lipinski definition) is 0. The van der Waals surface area contributed by atoms with Gasteiger partial charge in [0.25, 0.3) is 5.56 Å². The summed E-state index contributed by atoms with van der Waals surface area (Å²) in [5.41, 5.74) is 1.96. The molecule has 134 valence electrons. The highest BCUT2D eigenvalue weighted by Crippen LogP contribution is 2.22. The van der Waals surface area contributed by atoms with E-state index < -0.39 is 0 Å². The van der Waals surface area contributed by atoms with Crippen LogP contribution >= 0.6 is 0 Å². The fraction of sp³-hybridized carbons (Fsp3) is 0.579. The third-order valence-corrected chi connectivity index (χ3v) is 4.73. The molecule has 25 heavy (non-hydrogen) atoms. The third kappa shape index (κ3) is 4.24. The van der Waals surface area contributed by atoms with E-state index in [1.165, 1.54) is 0 Å². The first kappa shape index (κ1) is 17.6. The fourth-order valence-corrected chi connectivity index (χ4v) is 3.09. The number of aromatic nitrogens is 4. The van der Waals surface area contributed by atoms with Crippen molar-refractivity contribution in [2.45, 2.75) is 52.5 Å². The van der Waals surface area contributed by atoms with Crippen molar-refractivity contribution in [3.05, 3.63) is 46.1 Å². The molecule has 1 saturated heterocycles. The average molecular weight is 341 g/mol. The minimum absolute atomic E-state index is 0.0164. The molecule has 1 fully saturated rings. The first-order valence-electron chi connectivity index (χ1n) is 8.95. The molecule has 0 N–H and O–H groups in total. The molecular weight excluding hydrogens is 314 g/mol. The van der Waals surface area contributed by atoms with E-state index in [1.54, 1.807) is 10.7 Å². The Morgan fingerprint density at radius 3 is 2.36 bits per heavy atom. The Bertz CT molecular complexity index is 768. The highest BCUT2D eigenvalue weighted by molar-refractivity contribution is 5.30. The molecule has 2 aromatic heterocycles. The molecule has 6 nitrogen and oxygen atoms in total. The minimum atomic E-state index is -0.0540. The second-order valence-corrected chi connectivity index (χ2v) is 7.98. The van der Waals surface area contributed by atoms with Gasteiger partial charge in [-0.05, 0) is 37.3 Å². The Labute approximate surface area is 148 Å². The van der Waals surface area contributed by atoms with Gasteiger partial charge in [0.05, 0.1) is 5.69 Å². The lowest BCUT2D eigenvalue weighted by Gasteiger charge is -2.32. The molecule has 3 rings (SSSR count). The molecule has 0 saturated carbocycles. The largest absolute Gasteiger partial charge is 0.341 e. The van der Waals surface area contributed by atoms with E-state index >= 15 is 0 Å². The van der Waals surface area contributed by atoms with Crippen molar-refractivity contribution in [2.24, 2.45) is 5.92 Å². The molecule has 0 bridgehead atoms. The van der Waals surface area contributed by atoms with E-state index in [0.717, 1.165) is 43.1 Å². The van der Waals surface area contributed by atoms with Crippen LogP contribution in [0.5, 0.6) is 0 Å². The van der Waals surface area contributed by atoms with Crippen molar-refractivity contribution in [1.82, 2.24) is 19.7 Å². The van der Waals surface area contributed by atoms with Gasteiger partial charge in [-0.2, -0.15) is 5.10 Å². The number of piperidine rings is 1. The Balaban J connectivity index is 1.64. The number of hydrogen-bond acceptors (Lipinski definition) is 5. The van der Waals surface area contributed by atoms with Crippen LogP contribution < -0.4 is 10.5 Å². The molecule has 1 aliphatic rings. The summed E-state index contributed by atoms with van der Waals surface area (Å²) in [7, 11) is 0. The van der Waals surface area contributed by atoms with Crippen LogP contribution in [0.2, 0.25) is 0 Å². The van der Waals surface area contributed by atoms with Gasteiger partial charge < -0.3 is 4.90 Å². The van der Waals surface area contributed by atoms with Crippen LogP contribution in [0.15, 0.2) is 29.3 Å². The predicted octanol–water partition coefficient (Wildman–Crippen LogP) is 2.56. The van der Waals surface area contributed by atoms with Crippen LogP contribution in [0, 0.1) is 12.8 Å². The van der Waals surface area contributed by atoms with Gasteiger partial charge in [0.1, 0.15) is 0 Å². The minimum Gasteiger partial charge on any atom is -0.341 e. The summed E-state index contributed by atoms with van der Waals surface area (Å²) >= 11 is 0. The smallest absolute Gasteiger partial charge is 0.266 e. The quantitative estimate of drug-likeness (QED) is 0.858. The lowest BCUT2D eigenvalue weighted by Crippen LogP contribution is -2.38. The van der Waals surface area contributed by atoms with E-state index in [-0.39, 0.29) is 11.0 Å². The first-order valence-corrected chi connectivity index (χ1v) is 8.95. The zero-order valence-electron chi connectivity index (χ0n) is 15.6. The number of anilines is 1. The molecule has 0 radical (unpaired) electrons. The highest BCUT2D eigenvalue weighted by Gasteiger charge is 2.23. The monoisotopic (exact) mass is 341 g/mol. The summed E-state index contributed by atoms with van der Waals surface area (Å²) in [5, 5.41) is 4.59. The Morgan fingerprint density at radius 2 is 1.76 bits per heavy atom. The first-order chi connectivity index (χ1) is 11.8. The average Bonchev–Trinajstić information content (AvgIpc) is 2.57. The van der Waals surface area contributed by atoms with Crippen LogP contribution in [-0.2, 0) is 12.0 Å². The molecular formula is C19H27N5O. The molecule has 3 heterocycles. The van der Waals surface area contributed by atoms with Crippen molar-refractivity contribution >= 4 is 5.95 Å². The number of aryl methyl sites for hydroxylation is 1. The second kappa shape index (κ2) is 6.94. The van der Waals surface area contributed by atoms with E-state index in [4.69, 9.17) is 0 Å². The van der Waals surface area contributed by atoms with Gasteiger partial charge >= 0.3 is 0 Å². The molecule has 0 spiro atoms. The van der Waals surface area contributed by atoms with Gasteiger partial charge in [0.15, 0.2) is 0 Å². The molecule has 0 atom stereocenters. The van der Waals surface area contributed by atoms with Crippen LogP contribution in [0.4, 0.5) is 5.95 Å². The Kier molecular flexibility index (Phi) is 4.88. The van der Waals surface area contributed by atoms with Gasteiger partial charge in [-0.1, -0.05) is 20.8 Å². The lowest BCUT2D eigenvalue weighted by molar-refractivity contribution is 0.328. The maximum atomic E-state index is 12.2. The molecule has 1 aliphatic heterocycles. The Morgan fingerprint density at radius 1 is 1.12 bits per heavy atom. The maximum Gasteiger partial charge on any atom is 0.266 e. The normalized spacial score (nSPS) is 16.2. The summed E-state index contributed by atoms with van der Waals surface area (Å²) < 4.78 is 1.64. The summed E-state index contributed by atoms with van der Waals surface area (Å²) in [6, 6.07) is 3.49. The predicted molar refractivity (Wildman–Crippen MR) is 98.9 cm³/mol. The van der Waals surface area contributed by atoms with Crippen LogP contribution in [0.1, 0.15) is 44.9 Å². The van der Waals surface area contributed by atoms with E-state index in [2.05, 4.69) is 40.7 Å². The van der Waals surface area contributed by atoms with Crippen molar-refractivity contribution < 1.29 is 0 Å².